The molecule has 0 radical (unpaired) electrons. The van der Waals surface area contributed by atoms with Gasteiger partial charge in [-0.3, -0.25) is 19.4 Å². The number of carbonyl (C=O) groups excluding carboxylic acids is 1. The van der Waals surface area contributed by atoms with Gasteiger partial charge in [0, 0.05) is 74.5 Å². The van der Waals surface area contributed by atoms with Crippen LogP contribution in [0.2, 0.25) is 0 Å². The van der Waals surface area contributed by atoms with Gasteiger partial charge in [-0.2, -0.15) is 5.10 Å². The molecule has 2 fully saturated rings. The van der Waals surface area contributed by atoms with E-state index in [-0.39, 0.29) is 18.0 Å². The first-order valence-electron chi connectivity index (χ1n) is 13.3. The van der Waals surface area contributed by atoms with Crippen LogP contribution in [0.4, 0.5) is 4.39 Å². The number of aromatic nitrogens is 3. The van der Waals surface area contributed by atoms with Gasteiger partial charge in [0.1, 0.15) is 11.5 Å². The number of pyridine rings is 1. The number of hydrogen-bond donors (Lipinski definition) is 0. The van der Waals surface area contributed by atoms with Crippen LogP contribution >= 0.6 is 11.3 Å². The zero-order valence-electron chi connectivity index (χ0n) is 21.6. The smallest absolute Gasteiger partial charge is 0.166 e. The summed E-state index contributed by atoms with van der Waals surface area (Å²) in [6.07, 6.45) is 8.78. The van der Waals surface area contributed by atoms with Gasteiger partial charge >= 0.3 is 0 Å². The second kappa shape index (κ2) is 10.9. The fourth-order valence-electron chi connectivity index (χ4n) is 4.87. The summed E-state index contributed by atoms with van der Waals surface area (Å²) in [5.74, 6) is 0.944. The van der Waals surface area contributed by atoms with Crippen molar-refractivity contribution in [3.05, 3.63) is 60.3 Å². The number of fused-ring (bicyclic) bond motifs is 1. The number of hydrogen-bond acceptors (Lipinski definition) is 7. The monoisotopic (exact) mass is 533 g/mol. The molecule has 1 saturated heterocycles. The lowest BCUT2D eigenvalue weighted by Gasteiger charge is -2.32. The second-order valence-electron chi connectivity index (χ2n) is 10.5. The van der Waals surface area contributed by atoms with Crippen LogP contribution in [0.5, 0.6) is 11.5 Å². The molecule has 9 heteroatoms. The van der Waals surface area contributed by atoms with E-state index in [0.29, 0.717) is 23.7 Å². The lowest BCUT2D eigenvalue weighted by atomic mass is 10.0. The first kappa shape index (κ1) is 25.2. The largest absolute Gasteiger partial charge is 0.453 e. The first-order valence-corrected chi connectivity index (χ1v) is 14.1. The van der Waals surface area contributed by atoms with Crippen molar-refractivity contribution in [2.24, 2.45) is 5.92 Å². The quantitative estimate of drug-likeness (QED) is 0.278. The summed E-state index contributed by atoms with van der Waals surface area (Å²) in [6.45, 7) is 6.24. The van der Waals surface area contributed by atoms with E-state index in [9.17, 15) is 9.18 Å². The van der Waals surface area contributed by atoms with E-state index < -0.39 is 5.82 Å². The van der Waals surface area contributed by atoms with Crippen molar-refractivity contribution >= 4 is 27.3 Å². The highest BCUT2D eigenvalue weighted by Crippen LogP contribution is 2.39. The van der Waals surface area contributed by atoms with Gasteiger partial charge < -0.3 is 9.64 Å². The first-order chi connectivity index (χ1) is 18.5. The van der Waals surface area contributed by atoms with Crippen molar-refractivity contribution in [3.8, 4) is 21.9 Å². The highest BCUT2D eigenvalue weighted by Gasteiger charge is 2.24. The Bertz CT molecular complexity index is 1440. The average Bonchev–Trinajstić information content (AvgIpc) is 3.40. The molecular formula is C29H32FN5O2S. The highest BCUT2D eigenvalue weighted by molar-refractivity contribution is 7.22. The van der Waals surface area contributed by atoms with Gasteiger partial charge in [0.25, 0.3) is 0 Å². The molecule has 1 aromatic carbocycles. The van der Waals surface area contributed by atoms with E-state index in [0.717, 1.165) is 72.8 Å². The Morgan fingerprint density at radius 3 is 2.74 bits per heavy atom. The van der Waals surface area contributed by atoms with Gasteiger partial charge in [-0.25, -0.2) is 4.39 Å². The number of ether oxygens (including phenoxy) is 1. The highest BCUT2D eigenvalue weighted by atomic mass is 32.1. The normalized spacial score (nSPS) is 16.8. The summed E-state index contributed by atoms with van der Waals surface area (Å²) >= 11 is 1.56. The lowest BCUT2D eigenvalue weighted by molar-refractivity contribution is -0.118. The van der Waals surface area contributed by atoms with Gasteiger partial charge in [0.2, 0.25) is 0 Å². The van der Waals surface area contributed by atoms with Crippen molar-refractivity contribution in [3.63, 3.8) is 0 Å². The second-order valence-corrected chi connectivity index (χ2v) is 11.6. The number of thiophene rings is 1. The van der Waals surface area contributed by atoms with Crippen LogP contribution in [0.25, 0.3) is 20.7 Å². The Balaban J connectivity index is 1.13. The maximum Gasteiger partial charge on any atom is 0.166 e. The molecule has 1 saturated carbocycles. The van der Waals surface area contributed by atoms with E-state index in [2.05, 4.69) is 33.1 Å². The average molecular weight is 534 g/mol. The summed E-state index contributed by atoms with van der Waals surface area (Å²) in [6, 6.07) is 8.58. The zero-order chi connectivity index (χ0) is 26.1. The van der Waals surface area contributed by atoms with Crippen LogP contribution < -0.4 is 4.74 Å². The molecule has 0 bridgehead atoms. The molecule has 38 heavy (non-hydrogen) atoms. The topological polar surface area (TPSA) is 63.5 Å². The number of ketones is 1. The molecule has 6 rings (SSSR count). The Hall–Kier alpha value is -3.14. The lowest BCUT2D eigenvalue weighted by Crippen LogP contribution is -2.45. The Labute approximate surface area is 225 Å². The summed E-state index contributed by atoms with van der Waals surface area (Å²) in [4.78, 5) is 22.5. The standard InChI is InChI=1S/C29H32FN5O2S/c1-33-8-10-34(11-9-33)12-13-35-19-22(18-32-35)28-17-25-29(38-28)27(6-7-31-25)37-26-5-4-21(16-24(26)30)15-23(36)14-20-2-3-20/h4-7,16-20H,2-3,8-15H2,1H3. The molecule has 4 aromatic rings. The molecule has 198 valence electrons. The number of halogens is 1. The molecule has 0 N–H and O–H groups in total. The maximum atomic E-state index is 14.9. The third-order valence-electron chi connectivity index (χ3n) is 7.37. The summed E-state index contributed by atoms with van der Waals surface area (Å²) < 4.78 is 23.8. The van der Waals surface area contributed by atoms with Crippen LogP contribution in [0.15, 0.2) is 48.9 Å². The van der Waals surface area contributed by atoms with E-state index in [1.807, 2.05) is 16.9 Å². The SMILES string of the molecule is CN1CCN(CCn2cc(-c3cc4nccc(Oc5ccc(CC(=O)CC6CC6)cc5F)c4s3)cn2)CC1. The zero-order valence-corrected chi connectivity index (χ0v) is 22.4. The minimum atomic E-state index is -0.468. The van der Waals surface area contributed by atoms with Crippen molar-refractivity contribution in [2.75, 3.05) is 39.8 Å². The van der Waals surface area contributed by atoms with Crippen LogP contribution in [0.1, 0.15) is 24.8 Å². The predicted molar refractivity (Wildman–Crippen MR) is 147 cm³/mol. The van der Waals surface area contributed by atoms with Crippen LogP contribution in [-0.4, -0.2) is 70.1 Å². The molecule has 0 unspecified atom stereocenters. The fourth-order valence-corrected chi connectivity index (χ4v) is 5.91. The number of likely N-dealkylation sites (N-methyl/N-ethyl adjacent to an activating group) is 1. The number of rotatable bonds is 10. The molecular weight excluding hydrogens is 501 g/mol. The third-order valence-corrected chi connectivity index (χ3v) is 8.55. The van der Waals surface area contributed by atoms with Crippen molar-refractivity contribution in [1.29, 1.82) is 0 Å². The van der Waals surface area contributed by atoms with E-state index in [1.165, 1.54) is 6.07 Å². The molecule has 3 aromatic heterocycles. The van der Waals surface area contributed by atoms with Crippen molar-refractivity contribution in [1.82, 2.24) is 24.6 Å². The molecule has 4 heterocycles. The Morgan fingerprint density at radius 1 is 1.11 bits per heavy atom. The molecule has 0 atom stereocenters. The maximum absolute atomic E-state index is 14.9. The Kier molecular flexibility index (Phi) is 7.23. The molecule has 7 nitrogen and oxygen atoms in total. The van der Waals surface area contributed by atoms with Crippen LogP contribution in [-0.2, 0) is 17.8 Å². The molecule has 2 aliphatic rings. The Morgan fingerprint density at radius 2 is 1.95 bits per heavy atom. The van der Waals surface area contributed by atoms with Gasteiger partial charge in [0.05, 0.1) is 23.0 Å². The summed E-state index contributed by atoms with van der Waals surface area (Å²) in [5, 5.41) is 4.57. The minimum absolute atomic E-state index is 0.141. The van der Waals surface area contributed by atoms with Crippen LogP contribution in [0.3, 0.4) is 0 Å². The van der Waals surface area contributed by atoms with Gasteiger partial charge in [0.15, 0.2) is 11.6 Å². The van der Waals surface area contributed by atoms with Crippen molar-refractivity contribution in [2.45, 2.75) is 32.2 Å². The number of piperazine rings is 1. The van der Waals surface area contributed by atoms with Gasteiger partial charge in [-0.15, -0.1) is 11.3 Å². The molecule has 1 aliphatic carbocycles. The number of nitrogens with zero attached hydrogens (tertiary/aromatic N) is 5. The molecule has 0 amide bonds. The van der Waals surface area contributed by atoms with E-state index in [4.69, 9.17) is 4.74 Å². The predicted octanol–water partition coefficient (Wildman–Crippen LogP) is 5.25. The number of carbonyl (C=O) groups is 1. The van der Waals surface area contributed by atoms with E-state index in [1.54, 1.807) is 35.7 Å². The minimum Gasteiger partial charge on any atom is -0.453 e. The van der Waals surface area contributed by atoms with E-state index >= 15 is 0 Å². The summed E-state index contributed by atoms with van der Waals surface area (Å²) in [5.41, 5.74) is 2.52. The van der Waals surface area contributed by atoms with Crippen molar-refractivity contribution < 1.29 is 13.9 Å². The molecule has 1 aliphatic heterocycles. The van der Waals surface area contributed by atoms with Gasteiger partial charge in [-0.1, -0.05) is 6.07 Å². The van der Waals surface area contributed by atoms with Crippen LogP contribution in [0, 0.1) is 11.7 Å². The summed E-state index contributed by atoms with van der Waals surface area (Å²) in [7, 11) is 2.17. The third kappa shape index (κ3) is 5.95. The fraction of sp³-hybridized carbons (Fsp3) is 0.414. The van der Waals surface area contributed by atoms with Gasteiger partial charge in [-0.05, 0) is 49.6 Å². The number of benzene rings is 1. The number of Topliss-reactive ketones (excluding diaryl/α,β-unsaturated/α-hetero) is 1. The molecule has 0 spiro atoms.